The first kappa shape index (κ1) is 19.1. The molecule has 3 aromatic rings. The number of pyridine rings is 1. The van der Waals surface area contributed by atoms with E-state index in [1.807, 2.05) is 0 Å². The van der Waals surface area contributed by atoms with Gasteiger partial charge < -0.3 is 15.4 Å². The van der Waals surface area contributed by atoms with Crippen molar-refractivity contribution in [3.05, 3.63) is 65.1 Å². The highest BCUT2D eigenvalue weighted by atomic mass is 19.1. The number of anilines is 1. The van der Waals surface area contributed by atoms with Crippen molar-refractivity contribution >= 4 is 22.5 Å². The van der Waals surface area contributed by atoms with E-state index >= 15 is 0 Å². The Balaban J connectivity index is 1.69. The van der Waals surface area contributed by atoms with Gasteiger partial charge in [-0.25, -0.2) is 4.39 Å². The number of hydrogen-bond donors (Lipinski definition) is 2. The highest BCUT2D eigenvalue weighted by molar-refractivity contribution is 5.96. The number of nitriles is 1. The third kappa shape index (κ3) is 4.01. The molecule has 0 bridgehead atoms. The Bertz CT molecular complexity index is 1060. The zero-order valence-corrected chi connectivity index (χ0v) is 15.5. The van der Waals surface area contributed by atoms with E-state index in [0.717, 1.165) is 0 Å². The van der Waals surface area contributed by atoms with E-state index in [1.54, 1.807) is 38.3 Å². The smallest absolute Gasteiger partial charge is 0.251 e. The van der Waals surface area contributed by atoms with Crippen molar-refractivity contribution in [1.29, 1.82) is 5.26 Å². The third-order valence-electron chi connectivity index (χ3n) is 4.31. The summed E-state index contributed by atoms with van der Waals surface area (Å²) in [5.41, 5.74) is 2.67. The van der Waals surface area contributed by atoms with E-state index in [2.05, 4.69) is 21.7 Å². The van der Waals surface area contributed by atoms with Crippen molar-refractivity contribution in [2.24, 2.45) is 0 Å². The van der Waals surface area contributed by atoms with Crippen molar-refractivity contribution in [3.63, 3.8) is 0 Å². The van der Waals surface area contributed by atoms with Crippen LogP contribution in [0.2, 0.25) is 0 Å². The normalized spacial score (nSPS) is 10.4. The summed E-state index contributed by atoms with van der Waals surface area (Å²) in [5.74, 6) is 0.0681. The first-order chi connectivity index (χ1) is 13.5. The first-order valence-corrected chi connectivity index (χ1v) is 8.68. The monoisotopic (exact) mass is 378 g/mol. The molecule has 6 nitrogen and oxygen atoms in total. The lowest BCUT2D eigenvalue weighted by Gasteiger charge is -2.13. The zero-order valence-electron chi connectivity index (χ0n) is 15.5. The fraction of sp³-hybridized carbons (Fsp3) is 0.190. The summed E-state index contributed by atoms with van der Waals surface area (Å²) in [5, 5.41) is 15.8. The van der Waals surface area contributed by atoms with Crippen molar-refractivity contribution in [1.82, 2.24) is 10.3 Å². The minimum Gasteiger partial charge on any atom is -0.497 e. The van der Waals surface area contributed by atoms with Gasteiger partial charge in [-0.05, 0) is 48.9 Å². The minimum atomic E-state index is -0.391. The maximum atomic E-state index is 13.8. The number of ether oxygens (including phenoxy) is 1. The molecule has 1 heterocycles. The van der Waals surface area contributed by atoms with Gasteiger partial charge in [0.25, 0.3) is 5.91 Å². The molecule has 1 amide bonds. The molecule has 1 aromatic heterocycles. The van der Waals surface area contributed by atoms with Gasteiger partial charge in [-0.3, -0.25) is 9.78 Å². The molecule has 0 aliphatic carbocycles. The van der Waals surface area contributed by atoms with Gasteiger partial charge in [0.05, 0.1) is 23.9 Å². The Morgan fingerprint density at radius 2 is 2.00 bits per heavy atom. The molecular weight excluding hydrogens is 359 g/mol. The van der Waals surface area contributed by atoms with Crippen LogP contribution in [-0.2, 0) is 0 Å². The second kappa shape index (κ2) is 8.35. The second-order valence-electron chi connectivity index (χ2n) is 6.19. The Hall–Kier alpha value is -3.66. The number of halogens is 1. The van der Waals surface area contributed by atoms with Crippen LogP contribution in [-0.4, -0.2) is 31.1 Å². The number of methoxy groups -OCH3 is 1. The van der Waals surface area contributed by atoms with Crippen LogP contribution in [0.15, 0.2) is 42.6 Å². The number of hydrogen-bond acceptors (Lipinski definition) is 5. The summed E-state index contributed by atoms with van der Waals surface area (Å²) < 4.78 is 18.9. The van der Waals surface area contributed by atoms with Gasteiger partial charge in [-0.2, -0.15) is 5.26 Å². The first-order valence-electron chi connectivity index (χ1n) is 8.68. The largest absolute Gasteiger partial charge is 0.497 e. The molecule has 2 N–H and O–H groups in total. The number of carbonyl (C=O) groups is 1. The number of nitrogens with zero attached hydrogens (tertiary/aromatic N) is 2. The summed E-state index contributed by atoms with van der Waals surface area (Å²) in [6.45, 7) is 2.46. The number of amides is 1. The van der Waals surface area contributed by atoms with E-state index in [1.165, 1.54) is 18.3 Å². The van der Waals surface area contributed by atoms with E-state index < -0.39 is 5.82 Å². The van der Waals surface area contributed by atoms with E-state index in [9.17, 15) is 14.4 Å². The maximum Gasteiger partial charge on any atom is 0.251 e. The lowest BCUT2D eigenvalue weighted by atomic mass is 10.1. The molecule has 0 spiro atoms. The number of nitrogens with one attached hydrogen (secondary N) is 2. The highest BCUT2D eigenvalue weighted by Gasteiger charge is 2.12. The number of benzene rings is 2. The van der Waals surface area contributed by atoms with Crippen LogP contribution in [0, 0.1) is 24.1 Å². The van der Waals surface area contributed by atoms with E-state index in [4.69, 9.17) is 4.74 Å². The van der Waals surface area contributed by atoms with E-state index in [0.29, 0.717) is 52.1 Å². The standard InChI is InChI=1S/C21H19FN4O2/c1-13-9-16(22)10-18-19(13)26-12-15(11-23)20(18)24-7-8-25-21(27)14-3-5-17(28-2)6-4-14/h3-6,9-10,12H,7-8H2,1-2H3,(H,24,26)(H,25,27). The molecular formula is C21H19FN4O2. The minimum absolute atomic E-state index is 0.216. The number of carbonyl (C=O) groups excluding carboxylic acids is 1. The molecule has 0 unspecified atom stereocenters. The lowest BCUT2D eigenvalue weighted by Crippen LogP contribution is -2.28. The Kier molecular flexibility index (Phi) is 5.70. The van der Waals surface area contributed by atoms with Gasteiger partial charge in [0, 0.05) is 30.2 Å². The average Bonchev–Trinajstić information content (AvgIpc) is 2.70. The van der Waals surface area contributed by atoms with Gasteiger partial charge >= 0.3 is 0 Å². The number of rotatable bonds is 6. The SMILES string of the molecule is COc1ccc(C(=O)NCCNc2c(C#N)cnc3c(C)cc(F)cc23)cc1. The van der Waals surface area contributed by atoms with Crippen molar-refractivity contribution < 1.29 is 13.9 Å². The summed E-state index contributed by atoms with van der Waals surface area (Å²) in [6.07, 6.45) is 1.46. The van der Waals surface area contributed by atoms with Crippen LogP contribution in [0.25, 0.3) is 10.9 Å². The molecule has 0 saturated carbocycles. The van der Waals surface area contributed by atoms with Gasteiger partial charge in [0.15, 0.2) is 0 Å². The molecule has 0 radical (unpaired) electrons. The fourth-order valence-corrected chi connectivity index (χ4v) is 2.92. The van der Waals surface area contributed by atoms with E-state index in [-0.39, 0.29) is 5.91 Å². The van der Waals surface area contributed by atoms with Crippen LogP contribution in [0.5, 0.6) is 5.75 Å². The Morgan fingerprint density at radius 3 is 2.68 bits per heavy atom. The zero-order chi connectivity index (χ0) is 20.1. The molecule has 3 rings (SSSR count). The average molecular weight is 378 g/mol. The topological polar surface area (TPSA) is 87.0 Å². The molecule has 0 saturated heterocycles. The number of fused-ring (bicyclic) bond motifs is 1. The molecule has 2 aromatic carbocycles. The number of aromatic nitrogens is 1. The summed E-state index contributed by atoms with van der Waals surface area (Å²) in [7, 11) is 1.56. The molecule has 0 aliphatic rings. The summed E-state index contributed by atoms with van der Waals surface area (Å²) >= 11 is 0. The third-order valence-corrected chi connectivity index (χ3v) is 4.31. The number of aryl methyl sites for hydroxylation is 1. The summed E-state index contributed by atoms with van der Waals surface area (Å²) in [4.78, 5) is 16.4. The maximum absolute atomic E-state index is 13.8. The Labute approximate surface area is 162 Å². The quantitative estimate of drug-likeness (QED) is 0.642. The predicted octanol–water partition coefficient (Wildman–Crippen LogP) is 3.40. The van der Waals surface area contributed by atoms with Crippen LogP contribution in [0.4, 0.5) is 10.1 Å². The fourth-order valence-electron chi connectivity index (χ4n) is 2.92. The highest BCUT2D eigenvalue weighted by Crippen LogP contribution is 2.28. The molecule has 28 heavy (non-hydrogen) atoms. The molecule has 142 valence electrons. The molecule has 0 aliphatic heterocycles. The van der Waals surface area contributed by atoms with Crippen LogP contribution < -0.4 is 15.4 Å². The predicted molar refractivity (Wildman–Crippen MR) is 105 cm³/mol. The van der Waals surface area contributed by atoms with Gasteiger partial charge in [0.2, 0.25) is 0 Å². The van der Waals surface area contributed by atoms with Crippen LogP contribution in [0.1, 0.15) is 21.5 Å². The van der Waals surface area contributed by atoms with Gasteiger partial charge in [-0.1, -0.05) is 0 Å². The van der Waals surface area contributed by atoms with Gasteiger partial charge in [0.1, 0.15) is 17.6 Å². The van der Waals surface area contributed by atoms with Crippen molar-refractivity contribution in [2.45, 2.75) is 6.92 Å². The Morgan fingerprint density at radius 1 is 1.25 bits per heavy atom. The lowest BCUT2D eigenvalue weighted by molar-refractivity contribution is 0.0955. The summed E-state index contributed by atoms with van der Waals surface area (Å²) in [6, 6.07) is 11.6. The second-order valence-corrected chi connectivity index (χ2v) is 6.19. The molecule has 0 fully saturated rings. The van der Waals surface area contributed by atoms with Crippen molar-refractivity contribution in [2.75, 3.05) is 25.5 Å². The van der Waals surface area contributed by atoms with Crippen LogP contribution >= 0.6 is 0 Å². The van der Waals surface area contributed by atoms with Crippen molar-refractivity contribution in [3.8, 4) is 11.8 Å². The molecule has 0 atom stereocenters. The molecule has 7 heteroatoms. The van der Waals surface area contributed by atoms with Gasteiger partial charge in [-0.15, -0.1) is 0 Å². The van der Waals surface area contributed by atoms with Crippen LogP contribution in [0.3, 0.4) is 0 Å².